The zero-order valence-corrected chi connectivity index (χ0v) is 19.5. The molecule has 1 amide bonds. The van der Waals surface area contributed by atoms with E-state index in [4.69, 9.17) is 0 Å². The molecule has 0 unspecified atom stereocenters. The number of rotatable bonds is 10. The molecule has 9 heteroatoms. The van der Waals surface area contributed by atoms with Gasteiger partial charge in [0.05, 0.1) is 16.7 Å². The first-order chi connectivity index (χ1) is 13.7. The van der Waals surface area contributed by atoms with Crippen LogP contribution >= 0.6 is 23.1 Å². The average molecular weight is 454 g/mol. The van der Waals surface area contributed by atoms with Crippen molar-refractivity contribution in [2.24, 2.45) is 0 Å². The number of hydrogen-bond donors (Lipinski definition) is 2. The fourth-order valence-corrected chi connectivity index (χ4v) is 5.22. The number of aryl methyl sites for hydroxylation is 2. The van der Waals surface area contributed by atoms with E-state index in [1.54, 1.807) is 11.8 Å². The Morgan fingerprint density at radius 3 is 2.55 bits per heavy atom. The van der Waals surface area contributed by atoms with E-state index in [0.717, 1.165) is 26.6 Å². The lowest BCUT2D eigenvalue weighted by molar-refractivity contribution is -0.123. The van der Waals surface area contributed by atoms with Crippen LogP contribution in [0.4, 0.5) is 0 Å². The van der Waals surface area contributed by atoms with Gasteiger partial charge in [0.2, 0.25) is 15.9 Å². The predicted molar refractivity (Wildman–Crippen MR) is 122 cm³/mol. The molecule has 2 rings (SSSR count). The lowest BCUT2D eigenvalue weighted by Crippen LogP contribution is -2.47. The van der Waals surface area contributed by atoms with Gasteiger partial charge in [-0.25, -0.2) is 13.4 Å². The molecule has 0 bridgehead atoms. The highest BCUT2D eigenvalue weighted by atomic mass is 32.2. The monoisotopic (exact) mass is 453 g/mol. The van der Waals surface area contributed by atoms with Crippen molar-refractivity contribution in [1.82, 2.24) is 15.0 Å². The average Bonchev–Trinajstić information content (AvgIpc) is 3.02. The van der Waals surface area contributed by atoms with Crippen LogP contribution in [-0.4, -0.2) is 37.4 Å². The first-order valence-corrected chi connectivity index (χ1v) is 13.0. The maximum atomic E-state index is 12.8. The van der Waals surface area contributed by atoms with Gasteiger partial charge in [-0.2, -0.15) is 16.5 Å². The third-order valence-electron chi connectivity index (χ3n) is 4.16. The molecule has 0 fully saturated rings. The first kappa shape index (κ1) is 23.6. The normalized spacial score (nSPS) is 14.1. The minimum absolute atomic E-state index is 0.241. The van der Waals surface area contributed by atoms with Crippen molar-refractivity contribution in [3.05, 3.63) is 56.9 Å². The quantitative estimate of drug-likeness (QED) is 0.573. The van der Waals surface area contributed by atoms with Crippen molar-refractivity contribution >= 4 is 45.1 Å². The molecule has 0 aliphatic heterocycles. The molecular weight excluding hydrogens is 426 g/mol. The van der Waals surface area contributed by atoms with Gasteiger partial charge >= 0.3 is 0 Å². The van der Waals surface area contributed by atoms with Crippen LogP contribution in [0.3, 0.4) is 0 Å². The minimum atomic E-state index is -3.77. The van der Waals surface area contributed by atoms with E-state index < -0.39 is 16.1 Å². The fraction of sp³-hybridized carbons (Fsp3) is 0.400. The van der Waals surface area contributed by atoms with Crippen LogP contribution in [0.15, 0.2) is 35.7 Å². The zero-order valence-electron chi connectivity index (χ0n) is 17.0. The van der Waals surface area contributed by atoms with Crippen LogP contribution in [0, 0.1) is 13.8 Å². The molecule has 2 N–H and O–H groups in total. The Bertz CT molecular complexity index is 940. The second-order valence-electron chi connectivity index (χ2n) is 6.62. The van der Waals surface area contributed by atoms with Gasteiger partial charge in [-0.3, -0.25) is 4.79 Å². The Balaban J connectivity index is 2.09. The molecule has 0 aliphatic rings. The summed E-state index contributed by atoms with van der Waals surface area (Å²) in [6.45, 7) is 5.71. The molecule has 29 heavy (non-hydrogen) atoms. The second-order valence-corrected chi connectivity index (χ2v) is 10.4. The van der Waals surface area contributed by atoms with Crippen molar-refractivity contribution in [2.75, 3.05) is 12.0 Å². The standard InChI is InChI=1S/C20H27N3O3S3/c1-14-19(28-16(3)21-14)15(2)22-20(24)18(10-12-27-4)23-29(25,26)13-11-17-8-6-5-7-9-17/h5-9,11,13,15,18,23H,10,12H2,1-4H3,(H,22,24)/b13-11+/t15-,18+/m1/s1. The van der Waals surface area contributed by atoms with E-state index in [0.29, 0.717) is 12.2 Å². The SMILES string of the molecule is CSCC[C@H](NS(=O)(=O)/C=C/c1ccccc1)C(=O)N[C@H](C)c1sc(C)nc1C. The number of hydrogen-bond acceptors (Lipinski definition) is 6. The summed E-state index contributed by atoms with van der Waals surface area (Å²) >= 11 is 3.10. The van der Waals surface area contributed by atoms with Crippen LogP contribution in [0.5, 0.6) is 0 Å². The summed E-state index contributed by atoms with van der Waals surface area (Å²) in [6.07, 6.45) is 3.83. The lowest BCUT2D eigenvalue weighted by Gasteiger charge is -2.20. The number of carbonyl (C=O) groups is 1. The largest absolute Gasteiger partial charge is 0.347 e. The van der Waals surface area contributed by atoms with Crippen LogP contribution in [-0.2, 0) is 14.8 Å². The Morgan fingerprint density at radius 1 is 1.28 bits per heavy atom. The molecule has 6 nitrogen and oxygen atoms in total. The van der Waals surface area contributed by atoms with Crippen LogP contribution in [0.1, 0.15) is 40.5 Å². The summed E-state index contributed by atoms with van der Waals surface area (Å²) in [5, 5.41) is 4.96. The third-order valence-corrected chi connectivity index (χ3v) is 7.17. The van der Waals surface area contributed by atoms with E-state index in [1.807, 2.05) is 57.4 Å². The number of thioether (sulfide) groups is 1. The van der Waals surface area contributed by atoms with Crippen LogP contribution in [0.2, 0.25) is 0 Å². The second kappa shape index (κ2) is 10.9. The molecular formula is C20H27N3O3S3. The minimum Gasteiger partial charge on any atom is -0.347 e. The summed E-state index contributed by atoms with van der Waals surface area (Å²) in [6, 6.07) is 8.06. The lowest BCUT2D eigenvalue weighted by atomic mass is 10.2. The Hall–Kier alpha value is -1.68. The van der Waals surface area contributed by atoms with E-state index in [9.17, 15) is 13.2 Å². The van der Waals surface area contributed by atoms with Gasteiger partial charge in [0, 0.05) is 10.3 Å². The number of thiazole rings is 1. The summed E-state index contributed by atoms with van der Waals surface area (Å²) in [5.41, 5.74) is 1.65. The van der Waals surface area contributed by atoms with Crippen molar-refractivity contribution in [3.8, 4) is 0 Å². The van der Waals surface area contributed by atoms with Crippen LogP contribution in [0.25, 0.3) is 6.08 Å². The molecule has 158 valence electrons. The molecule has 0 radical (unpaired) electrons. The third kappa shape index (κ3) is 7.58. The maximum Gasteiger partial charge on any atom is 0.238 e. The van der Waals surface area contributed by atoms with E-state index in [2.05, 4.69) is 15.0 Å². The number of nitrogens with one attached hydrogen (secondary N) is 2. The highest BCUT2D eigenvalue weighted by Crippen LogP contribution is 2.24. The Morgan fingerprint density at radius 2 is 1.97 bits per heavy atom. The number of amides is 1. The topological polar surface area (TPSA) is 88.2 Å². The summed E-state index contributed by atoms with van der Waals surface area (Å²) in [5.74, 6) is 0.324. The van der Waals surface area contributed by atoms with Gasteiger partial charge in [0.25, 0.3) is 0 Å². The number of sulfonamides is 1. The summed E-state index contributed by atoms with van der Waals surface area (Å²) in [7, 11) is -3.77. The smallest absolute Gasteiger partial charge is 0.238 e. The molecule has 2 atom stereocenters. The Kier molecular flexibility index (Phi) is 8.88. The first-order valence-electron chi connectivity index (χ1n) is 9.20. The maximum absolute atomic E-state index is 12.8. The van der Waals surface area contributed by atoms with Gasteiger partial charge in [-0.05, 0) is 50.8 Å². The zero-order chi connectivity index (χ0) is 21.4. The molecule has 1 heterocycles. The molecule has 2 aromatic rings. The van der Waals surface area contributed by atoms with Crippen LogP contribution < -0.4 is 10.0 Å². The van der Waals surface area contributed by atoms with Crippen molar-refractivity contribution < 1.29 is 13.2 Å². The number of aromatic nitrogens is 1. The summed E-state index contributed by atoms with van der Waals surface area (Å²) in [4.78, 5) is 18.2. The Labute approximate surface area is 181 Å². The highest BCUT2D eigenvalue weighted by Gasteiger charge is 2.25. The number of carbonyl (C=O) groups excluding carboxylic acids is 1. The van der Waals surface area contributed by atoms with Gasteiger partial charge in [0.15, 0.2) is 0 Å². The molecule has 0 aliphatic carbocycles. The summed E-state index contributed by atoms with van der Waals surface area (Å²) < 4.78 is 27.5. The van der Waals surface area contributed by atoms with Gasteiger partial charge in [-0.1, -0.05) is 30.3 Å². The van der Waals surface area contributed by atoms with E-state index in [1.165, 1.54) is 17.4 Å². The van der Waals surface area contributed by atoms with Crippen molar-refractivity contribution in [2.45, 2.75) is 39.3 Å². The van der Waals surface area contributed by atoms with Crippen molar-refractivity contribution in [3.63, 3.8) is 0 Å². The van der Waals surface area contributed by atoms with E-state index in [-0.39, 0.29) is 11.9 Å². The molecule has 0 saturated heterocycles. The van der Waals surface area contributed by atoms with Crippen molar-refractivity contribution in [1.29, 1.82) is 0 Å². The molecule has 1 aromatic heterocycles. The van der Waals surface area contributed by atoms with Gasteiger partial charge < -0.3 is 5.32 Å². The molecule has 1 aromatic carbocycles. The fourth-order valence-electron chi connectivity index (χ4n) is 2.78. The van der Waals surface area contributed by atoms with Gasteiger partial charge in [0.1, 0.15) is 6.04 Å². The van der Waals surface area contributed by atoms with E-state index >= 15 is 0 Å². The predicted octanol–water partition coefficient (Wildman–Crippen LogP) is 3.65. The number of benzene rings is 1. The number of nitrogens with zero attached hydrogens (tertiary/aromatic N) is 1. The molecule has 0 saturated carbocycles. The molecule has 0 spiro atoms. The highest BCUT2D eigenvalue weighted by molar-refractivity contribution is 7.98. The van der Waals surface area contributed by atoms with Gasteiger partial charge in [-0.15, -0.1) is 11.3 Å².